The molecule has 3 heterocycles. The van der Waals surface area contributed by atoms with Crippen LogP contribution in [0.1, 0.15) is 38.5 Å². The Hall–Kier alpha value is -3.15. The van der Waals surface area contributed by atoms with E-state index in [2.05, 4.69) is 4.98 Å². The van der Waals surface area contributed by atoms with Crippen LogP contribution in [0.5, 0.6) is 0 Å². The molecule has 6 heteroatoms. The highest BCUT2D eigenvalue weighted by Gasteiger charge is 2.28. The van der Waals surface area contributed by atoms with Gasteiger partial charge in [0, 0.05) is 25.0 Å². The van der Waals surface area contributed by atoms with Gasteiger partial charge >= 0.3 is 5.97 Å². The molecule has 138 valence electrons. The number of aromatic carboxylic acids is 1. The Labute approximate surface area is 157 Å². The summed E-state index contributed by atoms with van der Waals surface area (Å²) < 4.78 is 1.94. The zero-order valence-corrected chi connectivity index (χ0v) is 15.1. The van der Waals surface area contributed by atoms with Gasteiger partial charge in [-0.3, -0.25) is 4.79 Å². The number of carbonyl (C=O) groups is 2. The molecule has 0 unspecified atom stereocenters. The molecule has 0 saturated carbocycles. The van der Waals surface area contributed by atoms with Crippen LogP contribution < -0.4 is 0 Å². The molecular weight excluding hydrogens is 342 g/mol. The number of hydrogen-bond acceptors (Lipinski definition) is 3. The topological polar surface area (TPSA) is 74.9 Å². The van der Waals surface area contributed by atoms with E-state index in [9.17, 15) is 9.59 Å². The van der Waals surface area contributed by atoms with Crippen molar-refractivity contribution >= 4 is 17.5 Å². The number of benzene rings is 1. The number of carboxylic acid groups (broad SMARTS) is 1. The third kappa shape index (κ3) is 3.43. The van der Waals surface area contributed by atoms with Gasteiger partial charge in [-0.1, -0.05) is 18.2 Å². The molecule has 1 aliphatic rings. The number of nitrogens with zero attached hydrogens (tertiary/aromatic N) is 3. The highest BCUT2D eigenvalue weighted by molar-refractivity contribution is 5.93. The Bertz CT molecular complexity index is 1010. The van der Waals surface area contributed by atoms with Crippen LogP contribution in [0.2, 0.25) is 0 Å². The number of carboxylic acids is 1. The van der Waals surface area contributed by atoms with Gasteiger partial charge in [0.25, 0.3) is 5.91 Å². The van der Waals surface area contributed by atoms with Crippen LogP contribution in [-0.2, 0) is 6.42 Å². The van der Waals surface area contributed by atoms with E-state index in [0.717, 1.165) is 36.3 Å². The summed E-state index contributed by atoms with van der Waals surface area (Å²) in [6.45, 7) is 3.42. The number of fused-ring (bicyclic) bond motifs is 1. The quantitative estimate of drug-likeness (QED) is 0.773. The summed E-state index contributed by atoms with van der Waals surface area (Å²) >= 11 is 0. The lowest BCUT2D eigenvalue weighted by Gasteiger charge is -2.15. The second-order valence-corrected chi connectivity index (χ2v) is 7.13. The number of imidazole rings is 1. The van der Waals surface area contributed by atoms with E-state index in [1.165, 1.54) is 0 Å². The fourth-order valence-electron chi connectivity index (χ4n) is 3.71. The molecule has 1 aromatic carbocycles. The average molecular weight is 363 g/mol. The van der Waals surface area contributed by atoms with Gasteiger partial charge in [0.2, 0.25) is 0 Å². The van der Waals surface area contributed by atoms with Crippen molar-refractivity contribution in [1.82, 2.24) is 14.3 Å². The Morgan fingerprint density at radius 3 is 2.67 bits per heavy atom. The van der Waals surface area contributed by atoms with Crippen molar-refractivity contribution in [2.24, 2.45) is 5.92 Å². The molecule has 0 aliphatic carbocycles. The summed E-state index contributed by atoms with van der Waals surface area (Å²) in [5.74, 6) is -0.563. The molecular formula is C21H21N3O3. The molecule has 1 atom stereocenters. The van der Waals surface area contributed by atoms with Crippen molar-refractivity contribution in [3.05, 3.63) is 71.2 Å². The molecule has 6 nitrogen and oxygen atoms in total. The van der Waals surface area contributed by atoms with E-state index in [1.54, 1.807) is 12.1 Å². The third-order valence-electron chi connectivity index (χ3n) is 5.21. The number of pyridine rings is 1. The van der Waals surface area contributed by atoms with E-state index in [-0.39, 0.29) is 5.91 Å². The predicted molar refractivity (Wildman–Crippen MR) is 101 cm³/mol. The second-order valence-electron chi connectivity index (χ2n) is 7.13. The van der Waals surface area contributed by atoms with Gasteiger partial charge in [0.1, 0.15) is 11.3 Å². The summed E-state index contributed by atoms with van der Waals surface area (Å²) in [6, 6.07) is 12.8. The lowest BCUT2D eigenvalue weighted by Crippen LogP contribution is -2.29. The maximum atomic E-state index is 12.8. The SMILES string of the molecule is Cc1cccc2nc(C(=O)N3CC[C@H](Cc4ccc(C(=O)O)cc4)C3)cn12. The fraction of sp³-hybridized carbons (Fsp3) is 0.286. The van der Waals surface area contributed by atoms with Gasteiger partial charge in [-0.25, -0.2) is 9.78 Å². The molecule has 1 saturated heterocycles. The average Bonchev–Trinajstić information content (AvgIpc) is 3.29. The molecule has 1 N–H and O–H groups in total. The van der Waals surface area contributed by atoms with Gasteiger partial charge < -0.3 is 14.4 Å². The maximum Gasteiger partial charge on any atom is 0.335 e. The standard InChI is InChI=1S/C21H21N3O3/c1-14-3-2-4-19-22-18(13-24(14)19)20(25)23-10-9-16(12-23)11-15-5-7-17(8-6-15)21(26)27/h2-8,13,16H,9-12H2,1H3,(H,26,27)/t16-/m1/s1. The first-order valence-electron chi connectivity index (χ1n) is 9.07. The first-order chi connectivity index (χ1) is 13.0. The summed E-state index contributed by atoms with van der Waals surface area (Å²) in [4.78, 5) is 30.1. The first-order valence-corrected chi connectivity index (χ1v) is 9.07. The minimum absolute atomic E-state index is 0.0261. The van der Waals surface area contributed by atoms with E-state index < -0.39 is 5.97 Å². The summed E-state index contributed by atoms with van der Waals surface area (Å²) in [7, 11) is 0. The highest BCUT2D eigenvalue weighted by atomic mass is 16.4. The molecule has 0 spiro atoms. The zero-order chi connectivity index (χ0) is 19.0. The number of hydrogen-bond donors (Lipinski definition) is 1. The predicted octanol–water partition coefficient (Wildman–Crippen LogP) is 3.05. The number of likely N-dealkylation sites (tertiary alicyclic amines) is 1. The van der Waals surface area contributed by atoms with Crippen LogP contribution >= 0.6 is 0 Å². The van der Waals surface area contributed by atoms with Crippen LogP contribution in [-0.4, -0.2) is 44.4 Å². The Morgan fingerprint density at radius 2 is 1.96 bits per heavy atom. The Balaban J connectivity index is 1.43. The van der Waals surface area contributed by atoms with Crippen molar-refractivity contribution in [3.63, 3.8) is 0 Å². The molecule has 2 aromatic heterocycles. The number of carbonyl (C=O) groups excluding carboxylic acids is 1. The second kappa shape index (κ2) is 6.87. The van der Waals surface area contributed by atoms with Gasteiger partial charge in [-0.05, 0) is 55.5 Å². The van der Waals surface area contributed by atoms with E-state index in [1.807, 2.05) is 52.8 Å². The third-order valence-corrected chi connectivity index (χ3v) is 5.21. The molecule has 0 bridgehead atoms. The van der Waals surface area contributed by atoms with E-state index in [4.69, 9.17) is 5.11 Å². The molecule has 1 aliphatic heterocycles. The molecule has 0 radical (unpaired) electrons. The number of aryl methyl sites for hydroxylation is 1. The number of amides is 1. The minimum atomic E-state index is -0.915. The van der Waals surface area contributed by atoms with Crippen LogP contribution in [0.15, 0.2) is 48.7 Å². The van der Waals surface area contributed by atoms with Gasteiger partial charge in [0.15, 0.2) is 0 Å². The van der Waals surface area contributed by atoms with Crippen LogP contribution in [0.25, 0.3) is 5.65 Å². The van der Waals surface area contributed by atoms with E-state index in [0.29, 0.717) is 23.7 Å². The lowest BCUT2D eigenvalue weighted by molar-refractivity contribution is 0.0696. The summed E-state index contributed by atoms with van der Waals surface area (Å²) in [5, 5.41) is 8.98. The highest BCUT2D eigenvalue weighted by Crippen LogP contribution is 2.23. The number of rotatable bonds is 4. The van der Waals surface area contributed by atoms with Crippen LogP contribution in [0.3, 0.4) is 0 Å². The van der Waals surface area contributed by atoms with Crippen molar-refractivity contribution in [2.75, 3.05) is 13.1 Å². The molecule has 1 fully saturated rings. The summed E-state index contributed by atoms with van der Waals surface area (Å²) in [5.41, 5.74) is 3.71. The van der Waals surface area contributed by atoms with E-state index >= 15 is 0 Å². The van der Waals surface area contributed by atoms with Crippen LogP contribution in [0.4, 0.5) is 0 Å². The molecule has 3 aromatic rings. The van der Waals surface area contributed by atoms with Gasteiger partial charge in [-0.2, -0.15) is 0 Å². The van der Waals surface area contributed by atoms with Crippen LogP contribution in [0, 0.1) is 12.8 Å². The summed E-state index contributed by atoms with van der Waals surface area (Å²) in [6.07, 6.45) is 3.59. The maximum absolute atomic E-state index is 12.8. The van der Waals surface area contributed by atoms with Gasteiger partial charge in [0.05, 0.1) is 5.56 Å². The fourth-order valence-corrected chi connectivity index (χ4v) is 3.71. The zero-order valence-electron chi connectivity index (χ0n) is 15.1. The normalized spacial score (nSPS) is 16.8. The Morgan fingerprint density at radius 1 is 1.19 bits per heavy atom. The van der Waals surface area contributed by atoms with Crippen molar-refractivity contribution in [2.45, 2.75) is 19.8 Å². The first kappa shape index (κ1) is 17.3. The number of aromatic nitrogens is 2. The van der Waals surface area contributed by atoms with Crippen molar-refractivity contribution in [1.29, 1.82) is 0 Å². The minimum Gasteiger partial charge on any atom is -0.478 e. The monoisotopic (exact) mass is 363 g/mol. The molecule has 27 heavy (non-hydrogen) atoms. The molecule has 1 amide bonds. The molecule has 4 rings (SSSR count). The van der Waals surface area contributed by atoms with Gasteiger partial charge in [-0.15, -0.1) is 0 Å². The Kier molecular flexibility index (Phi) is 4.39. The largest absolute Gasteiger partial charge is 0.478 e. The van der Waals surface area contributed by atoms with Crippen molar-refractivity contribution in [3.8, 4) is 0 Å². The lowest BCUT2D eigenvalue weighted by atomic mass is 9.98. The smallest absolute Gasteiger partial charge is 0.335 e. The van der Waals surface area contributed by atoms with Crippen molar-refractivity contribution < 1.29 is 14.7 Å².